The average Bonchev–Trinajstić information content (AvgIpc) is 1.64. The number of halogens is 6. The van der Waals surface area contributed by atoms with Crippen molar-refractivity contribution in [2.75, 3.05) is 62.7 Å². The fraction of sp³-hybridized carbons (Fsp3) is 0.198. The summed E-state index contributed by atoms with van der Waals surface area (Å²) in [5, 5.41) is 61.7. The summed E-state index contributed by atoms with van der Waals surface area (Å²) < 4.78 is 141. The number of hydrogen-bond acceptors (Lipinski definition) is 17. The predicted octanol–water partition coefficient (Wildman–Crippen LogP) is 23.2. The first kappa shape index (κ1) is 102. The van der Waals surface area contributed by atoms with Crippen molar-refractivity contribution >= 4 is 65.4 Å². The van der Waals surface area contributed by atoms with Crippen LogP contribution in [0, 0.1) is 127 Å². The molecule has 0 saturated carbocycles. The van der Waals surface area contributed by atoms with Crippen LogP contribution in [0.4, 0.5) is 26.3 Å². The summed E-state index contributed by atoms with van der Waals surface area (Å²) in [6.45, 7) is 17.4. The molecule has 19 rings (SSSR count). The van der Waals surface area contributed by atoms with Gasteiger partial charge in [0.05, 0.1) is 115 Å². The van der Waals surface area contributed by atoms with E-state index in [4.69, 9.17) is 52.6 Å². The van der Waals surface area contributed by atoms with Gasteiger partial charge in [0, 0.05) is 130 Å². The van der Waals surface area contributed by atoms with Crippen LogP contribution in [0.5, 0.6) is 57.5 Å². The second-order valence-corrected chi connectivity index (χ2v) is 31.7. The van der Waals surface area contributed by atoms with Gasteiger partial charge in [-0.2, -0.15) is 57.9 Å². The molecule has 10 aromatic carbocycles. The molecule has 0 unspecified atom stereocenters. The van der Waals surface area contributed by atoms with E-state index in [9.17, 15) is 52.7 Å². The Kier molecular flexibility index (Phi) is 32.4. The molecule has 0 bridgehead atoms. The van der Waals surface area contributed by atoms with E-state index in [2.05, 4.69) is 99.1 Å². The molecular formula is C116H91F6N13O10. The molecule has 0 radical (unpaired) electrons. The van der Waals surface area contributed by atoms with Gasteiger partial charge in [-0.3, -0.25) is 0 Å². The maximum Gasteiger partial charge on any atom is 0.416 e. The number of alkyl halides is 6. The second kappa shape index (κ2) is 46.1. The Morgan fingerprint density at radius 2 is 0.634 bits per heavy atom. The topological polar surface area (TPSA) is 278 Å². The Morgan fingerprint density at radius 1 is 0.297 bits per heavy atom. The minimum atomic E-state index is -4.38. The maximum atomic E-state index is 12.7. The SMILES string of the molecule is CCn1c(C#Cc2ccc(C(F)(F)F)cc2)c(C#N)c2cc(OC)ccc21.CCn1c(C#Cc2ccc(OC)cc2)c(C#N)c2cc(OC)ccc21.CCn1c(C#Cc2ccc3c(c2)OCCO3)c(C#N)c2ccc(OC)cc21.CCn1c(C#Cc2ccc3c(c2)OCO3)c(C#N)c2ccc(OC)cc21.CCn1c(C#Cc2ccccn2)c(C#N)c2ccc(OC)cc21.CCn1cc(C#N)c2cc(C(F)(F)F)ccc21. The molecular weight excluding hydrogens is 1850 g/mol. The highest BCUT2D eigenvalue weighted by molar-refractivity contribution is 5.95. The quantitative estimate of drug-likeness (QED) is 0.0811. The maximum absolute atomic E-state index is 12.7. The van der Waals surface area contributed by atoms with Gasteiger partial charge in [0.2, 0.25) is 6.79 Å². The number of fused-ring (bicyclic) bond motifs is 8. The molecule has 0 amide bonds. The third kappa shape index (κ3) is 22.3. The molecule has 2 aliphatic heterocycles. The monoisotopic (exact) mass is 1940 g/mol. The van der Waals surface area contributed by atoms with Gasteiger partial charge < -0.3 is 74.8 Å². The van der Waals surface area contributed by atoms with Gasteiger partial charge in [-0.1, -0.05) is 29.7 Å². The van der Waals surface area contributed by atoms with E-state index < -0.39 is 23.5 Å². The van der Waals surface area contributed by atoms with Crippen LogP contribution in [0.2, 0.25) is 0 Å². The van der Waals surface area contributed by atoms with Crippen LogP contribution in [0.15, 0.2) is 225 Å². The second-order valence-electron chi connectivity index (χ2n) is 31.7. The molecule has 145 heavy (non-hydrogen) atoms. The molecule has 0 atom stereocenters. The lowest BCUT2D eigenvalue weighted by molar-refractivity contribution is -0.138. The van der Waals surface area contributed by atoms with Gasteiger partial charge in [-0.15, -0.1) is 0 Å². The van der Waals surface area contributed by atoms with Crippen molar-refractivity contribution in [2.24, 2.45) is 0 Å². The van der Waals surface area contributed by atoms with Crippen molar-refractivity contribution in [1.82, 2.24) is 32.4 Å². The number of rotatable bonds is 12. The number of aryl methyl sites for hydroxylation is 6. The Hall–Kier alpha value is -19.1. The highest BCUT2D eigenvalue weighted by Gasteiger charge is 2.33. The summed E-state index contributed by atoms with van der Waals surface area (Å²) in [4.78, 5) is 4.20. The number of nitrogens with zero attached hydrogens (tertiary/aromatic N) is 13. The number of methoxy groups -OCH3 is 6. The van der Waals surface area contributed by atoms with Gasteiger partial charge in [0.15, 0.2) is 23.0 Å². The summed E-state index contributed by atoms with van der Waals surface area (Å²) in [6, 6.07) is 74.1. The van der Waals surface area contributed by atoms with Gasteiger partial charge in [-0.05, 0) is 265 Å². The number of pyridine rings is 1. The molecule has 0 aliphatic carbocycles. The minimum absolute atomic E-state index is 0.233. The first-order chi connectivity index (χ1) is 70.3. The Bertz CT molecular complexity index is 8430. The average molecular weight is 1940 g/mol. The fourth-order valence-electron chi connectivity index (χ4n) is 16.6. The van der Waals surface area contributed by atoms with Crippen LogP contribution in [0.3, 0.4) is 0 Å². The lowest BCUT2D eigenvalue weighted by Crippen LogP contribution is -2.15. The Balaban J connectivity index is 0.000000138. The molecule has 0 N–H and O–H groups in total. The molecule has 17 aromatic rings. The van der Waals surface area contributed by atoms with Crippen molar-refractivity contribution in [3.63, 3.8) is 0 Å². The van der Waals surface area contributed by atoms with Crippen molar-refractivity contribution in [3.8, 4) is 153 Å². The summed E-state index contributed by atoms with van der Waals surface area (Å²) in [5.74, 6) is 38.2. The third-order valence-corrected chi connectivity index (χ3v) is 23.7. The van der Waals surface area contributed by atoms with Gasteiger partial charge in [0.1, 0.15) is 118 Å². The standard InChI is InChI=1S/C22H18N2O3.C21H15F3N2O.C21H16N2O3.C21H18N2O2.C19H15N3O.C12H9F3N2/c1-3-24-19(18(14-23)17-7-6-16(25-2)13-20(17)24)8-4-15-5-9-21-22(12-15)27-11-10-26-21;1-3-26-19-11-9-16(27-2)12-17(19)18(13-25)20(26)10-6-14-4-7-15(8-5-14)21(22,23)24;1-3-23-18(8-4-14-5-9-20-21(10-14)26-13-25-20)17(12-22)16-7-6-15(24-2)11-19(16)23;1-4-23-20-12-10-17(25-3)13-18(20)19(14-22)21(23)11-7-15-5-8-16(24-2)9-6-15;1-3-22-18(10-7-14-6-4-5-11-21-14)17(13-20)16-9-8-15(23-2)12-19(16)22;1-2-17-7-8(6-16)10-5-9(12(13,14)15)3-4-11(10)17/h5-7,9,12-13H,3,10-11H2,1-2H3;4-5,7-9,11-12H,3H2,1-2H3;5-7,9-11H,3,13H2,1-2H3;5-6,8-10,12-13H,4H2,1-3H3;4-6,8-9,11-12H,3H2,1-2H3;3-5,7H,2H2,1H3. The van der Waals surface area contributed by atoms with Gasteiger partial charge >= 0.3 is 12.4 Å². The Morgan fingerprint density at radius 3 is 1.02 bits per heavy atom. The lowest BCUT2D eigenvalue weighted by Gasteiger charge is -2.17. The van der Waals surface area contributed by atoms with Gasteiger partial charge in [-0.25, -0.2) is 4.98 Å². The van der Waals surface area contributed by atoms with Gasteiger partial charge in [0.25, 0.3) is 0 Å². The molecule has 0 spiro atoms. The zero-order valence-electron chi connectivity index (χ0n) is 80.9. The van der Waals surface area contributed by atoms with Crippen LogP contribution in [-0.4, -0.2) is 95.1 Å². The van der Waals surface area contributed by atoms with Crippen LogP contribution < -0.4 is 47.4 Å². The van der Waals surface area contributed by atoms with Crippen molar-refractivity contribution in [1.29, 1.82) is 31.6 Å². The lowest BCUT2D eigenvalue weighted by atomic mass is 10.1. The normalized spacial score (nSPS) is 11.1. The van der Waals surface area contributed by atoms with E-state index >= 15 is 0 Å². The number of benzene rings is 10. The molecule has 23 nitrogen and oxygen atoms in total. The molecule has 9 heterocycles. The molecule has 722 valence electrons. The first-order valence-electron chi connectivity index (χ1n) is 45.6. The predicted molar refractivity (Wildman–Crippen MR) is 540 cm³/mol. The van der Waals surface area contributed by atoms with E-state index in [0.717, 1.165) is 155 Å². The van der Waals surface area contributed by atoms with Crippen LogP contribution in [-0.2, 0) is 51.6 Å². The number of aromatic nitrogens is 7. The van der Waals surface area contributed by atoms with E-state index in [1.165, 1.54) is 18.2 Å². The zero-order valence-corrected chi connectivity index (χ0v) is 80.9. The van der Waals surface area contributed by atoms with Crippen molar-refractivity contribution < 1.29 is 73.7 Å². The minimum Gasteiger partial charge on any atom is -0.497 e. The highest BCUT2D eigenvalue weighted by atomic mass is 19.4. The summed E-state index contributed by atoms with van der Waals surface area (Å²) >= 11 is 0. The summed E-state index contributed by atoms with van der Waals surface area (Å²) in [6.07, 6.45) is -5.48. The number of ether oxygens (including phenoxy) is 10. The van der Waals surface area contributed by atoms with Crippen molar-refractivity contribution in [2.45, 2.75) is 93.2 Å². The molecule has 0 fully saturated rings. The third-order valence-electron chi connectivity index (χ3n) is 23.7. The number of hydrogen-bond donors (Lipinski definition) is 0. The van der Waals surface area contributed by atoms with E-state index in [1.807, 2.05) is 230 Å². The van der Waals surface area contributed by atoms with Crippen LogP contribution >= 0.6 is 0 Å². The van der Waals surface area contributed by atoms with E-state index in [-0.39, 0.29) is 12.4 Å². The smallest absolute Gasteiger partial charge is 0.416 e. The molecule has 7 aromatic heterocycles. The van der Waals surface area contributed by atoms with Crippen LogP contribution in [0.1, 0.15) is 142 Å². The highest BCUT2D eigenvalue weighted by Crippen LogP contribution is 2.40. The first-order valence-corrected chi connectivity index (χ1v) is 45.6. The fourth-order valence-corrected chi connectivity index (χ4v) is 16.6. The Labute approximate surface area is 833 Å². The largest absolute Gasteiger partial charge is 0.497 e. The number of nitriles is 6. The summed E-state index contributed by atoms with van der Waals surface area (Å²) in [7, 11) is 9.70. The van der Waals surface area contributed by atoms with Crippen molar-refractivity contribution in [3.05, 3.63) is 326 Å². The molecule has 0 saturated heterocycles. The molecule has 29 heteroatoms. The van der Waals surface area contributed by atoms with Crippen LogP contribution in [0.25, 0.3) is 65.4 Å². The van der Waals surface area contributed by atoms with E-state index in [0.29, 0.717) is 129 Å². The van der Waals surface area contributed by atoms with E-state index in [1.54, 1.807) is 65.7 Å². The zero-order chi connectivity index (χ0) is 103. The molecule has 2 aliphatic rings. The summed E-state index contributed by atoms with van der Waals surface area (Å²) in [5.41, 5.74) is 13.9.